The van der Waals surface area contributed by atoms with Crippen LogP contribution in [0.4, 0.5) is 0 Å². The van der Waals surface area contributed by atoms with Crippen LogP contribution < -0.4 is 5.32 Å². The van der Waals surface area contributed by atoms with E-state index >= 15 is 0 Å². The second-order valence-corrected chi connectivity index (χ2v) is 8.18. The highest BCUT2D eigenvalue weighted by atomic mass is 32.2. The molecule has 1 aliphatic rings. The highest BCUT2D eigenvalue weighted by molar-refractivity contribution is 8.23. The average Bonchev–Trinajstić information content (AvgIpc) is 2.27. The molecule has 14 heavy (non-hydrogen) atoms. The van der Waals surface area contributed by atoms with E-state index in [2.05, 4.69) is 19.2 Å². The van der Waals surface area contributed by atoms with Gasteiger partial charge in [0.25, 0.3) is 0 Å². The summed E-state index contributed by atoms with van der Waals surface area (Å²) >= 11 is 6.67. The largest absolute Gasteiger partial charge is 0.367 e. The molecule has 82 valence electrons. The van der Waals surface area contributed by atoms with Crippen LogP contribution in [0.15, 0.2) is 0 Å². The smallest absolute Gasteiger partial charge is 0.152 e. The molecule has 0 aromatic carbocycles. The van der Waals surface area contributed by atoms with Crippen LogP contribution in [0.2, 0.25) is 0 Å². The molecular formula is C8H15NO2S3. The van der Waals surface area contributed by atoms with Crippen molar-refractivity contribution >= 4 is 38.1 Å². The van der Waals surface area contributed by atoms with E-state index in [1.165, 1.54) is 0 Å². The van der Waals surface area contributed by atoms with E-state index < -0.39 is 9.84 Å². The van der Waals surface area contributed by atoms with Crippen LogP contribution in [-0.2, 0) is 9.84 Å². The summed E-state index contributed by atoms with van der Waals surface area (Å²) in [5, 5.41) is 3.52. The zero-order valence-corrected chi connectivity index (χ0v) is 10.8. The minimum absolute atomic E-state index is 0.0266. The van der Waals surface area contributed by atoms with Crippen molar-refractivity contribution in [1.29, 1.82) is 0 Å². The third kappa shape index (κ3) is 4.14. The van der Waals surface area contributed by atoms with Gasteiger partial charge in [0.2, 0.25) is 0 Å². The lowest BCUT2D eigenvalue weighted by molar-refractivity contribution is 0.600. The molecule has 1 saturated heterocycles. The zero-order chi connectivity index (χ0) is 10.8. The normalized spacial score (nSPS) is 25.2. The Bertz CT molecular complexity index is 311. The van der Waals surface area contributed by atoms with Gasteiger partial charge >= 0.3 is 0 Å². The third-order valence-electron chi connectivity index (χ3n) is 1.90. The van der Waals surface area contributed by atoms with E-state index in [0.717, 1.165) is 0 Å². The first-order valence-electron chi connectivity index (χ1n) is 4.56. The molecule has 1 atom stereocenters. The van der Waals surface area contributed by atoms with E-state index in [-0.39, 0.29) is 11.8 Å². The Hall–Kier alpha value is 0.190. The molecular weight excluding hydrogens is 238 g/mol. The highest BCUT2D eigenvalue weighted by Crippen LogP contribution is 2.15. The van der Waals surface area contributed by atoms with Crippen LogP contribution in [-0.4, -0.2) is 35.5 Å². The van der Waals surface area contributed by atoms with Gasteiger partial charge < -0.3 is 5.32 Å². The fourth-order valence-electron chi connectivity index (χ4n) is 1.32. The lowest BCUT2D eigenvalue weighted by Gasteiger charge is -2.13. The first kappa shape index (κ1) is 12.3. The van der Waals surface area contributed by atoms with Crippen molar-refractivity contribution in [3.8, 4) is 0 Å². The second kappa shape index (κ2) is 4.81. The maximum absolute atomic E-state index is 11.2. The molecule has 0 aromatic rings. The molecule has 1 fully saturated rings. The van der Waals surface area contributed by atoms with E-state index in [1.54, 1.807) is 11.8 Å². The molecule has 0 bridgehead atoms. The van der Waals surface area contributed by atoms with Gasteiger partial charge in [-0.3, -0.25) is 0 Å². The first-order valence-corrected chi connectivity index (χ1v) is 7.67. The fourth-order valence-corrected chi connectivity index (χ4v) is 4.40. The highest BCUT2D eigenvalue weighted by Gasteiger charge is 2.28. The Kier molecular flexibility index (Phi) is 4.21. The lowest BCUT2D eigenvalue weighted by atomic mass is 10.3. The van der Waals surface area contributed by atoms with E-state index in [1.807, 2.05) is 0 Å². The summed E-state index contributed by atoms with van der Waals surface area (Å²) in [6, 6.07) is 0.0266. The van der Waals surface area contributed by atoms with E-state index in [0.29, 0.717) is 21.7 Å². The van der Waals surface area contributed by atoms with Crippen molar-refractivity contribution in [2.24, 2.45) is 0 Å². The van der Waals surface area contributed by atoms with Gasteiger partial charge in [0.05, 0.1) is 11.5 Å². The molecule has 0 aromatic heterocycles. The number of hydrogen-bond donors (Lipinski definition) is 1. The van der Waals surface area contributed by atoms with Crippen molar-refractivity contribution in [2.45, 2.75) is 31.6 Å². The maximum Gasteiger partial charge on any atom is 0.152 e. The number of nitrogens with one attached hydrogen (secondary N) is 1. The number of rotatable bonds is 2. The van der Waals surface area contributed by atoms with Crippen LogP contribution in [0.1, 0.15) is 20.3 Å². The molecule has 6 heteroatoms. The predicted octanol–water partition coefficient (Wildman–Crippen LogP) is 1.19. The fraction of sp³-hybridized carbons (Fsp3) is 0.875. The third-order valence-corrected chi connectivity index (χ3v) is 4.87. The molecule has 0 amide bonds. The maximum atomic E-state index is 11.2. The molecule has 0 saturated carbocycles. The van der Waals surface area contributed by atoms with Gasteiger partial charge in [-0.2, -0.15) is 0 Å². The summed E-state index contributed by atoms with van der Waals surface area (Å²) < 4.78 is 23.0. The molecule has 1 aliphatic heterocycles. The minimum atomic E-state index is -2.80. The molecule has 0 unspecified atom stereocenters. The van der Waals surface area contributed by atoms with Crippen molar-refractivity contribution in [3.05, 3.63) is 0 Å². The van der Waals surface area contributed by atoms with Gasteiger partial charge in [-0.1, -0.05) is 37.8 Å². The standard InChI is InChI=1S/C8H15NO2S3/c1-6(2)13-8(12)9-7-3-4-14(10,11)5-7/h6-7H,3-5H2,1-2H3,(H,9,12)/t7-/m0/s1. The first-order chi connectivity index (χ1) is 6.39. The van der Waals surface area contributed by atoms with Gasteiger partial charge in [-0.15, -0.1) is 0 Å². The van der Waals surface area contributed by atoms with Crippen molar-refractivity contribution in [2.75, 3.05) is 11.5 Å². The molecule has 3 nitrogen and oxygen atoms in total. The molecule has 1 rings (SSSR count). The van der Waals surface area contributed by atoms with Crippen LogP contribution in [0.3, 0.4) is 0 Å². The van der Waals surface area contributed by atoms with E-state index in [4.69, 9.17) is 12.2 Å². The summed E-state index contributed by atoms with van der Waals surface area (Å²) in [4.78, 5) is 0. The van der Waals surface area contributed by atoms with Crippen LogP contribution >= 0.6 is 24.0 Å². The van der Waals surface area contributed by atoms with Gasteiger partial charge in [-0.25, -0.2) is 8.42 Å². The summed E-state index contributed by atoms with van der Waals surface area (Å²) in [6.07, 6.45) is 0.682. The summed E-state index contributed by atoms with van der Waals surface area (Å²) in [7, 11) is -2.80. The molecule has 0 aliphatic carbocycles. The topological polar surface area (TPSA) is 46.2 Å². The van der Waals surface area contributed by atoms with Crippen LogP contribution in [0.25, 0.3) is 0 Å². The van der Waals surface area contributed by atoms with E-state index in [9.17, 15) is 8.42 Å². The second-order valence-electron chi connectivity index (χ2n) is 3.70. The van der Waals surface area contributed by atoms with Crippen LogP contribution in [0, 0.1) is 0 Å². The van der Waals surface area contributed by atoms with Crippen molar-refractivity contribution in [1.82, 2.24) is 5.32 Å². The van der Waals surface area contributed by atoms with Crippen molar-refractivity contribution in [3.63, 3.8) is 0 Å². The van der Waals surface area contributed by atoms with Crippen LogP contribution in [0.5, 0.6) is 0 Å². The van der Waals surface area contributed by atoms with Gasteiger partial charge in [-0.05, 0) is 6.42 Å². The lowest BCUT2D eigenvalue weighted by Crippen LogP contribution is -2.33. The molecule has 1 heterocycles. The molecule has 0 spiro atoms. The van der Waals surface area contributed by atoms with Gasteiger partial charge in [0, 0.05) is 11.3 Å². The Morgan fingerprint density at radius 2 is 2.21 bits per heavy atom. The Labute approximate surface area is 94.9 Å². The number of thioether (sulfide) groups is 1. The summed E-state index contributed by atoms with van der Waals surface area (Å²) in [5.74, 6) is 0.519. The van der Waals surface area contributed by atoms with Crippen molar-refractivity contribution < 1.29 is 8.42 Å². The number of sulfone groups is 1. The Balaban J connectivity index is 2.36. The number of thiocarbonyl (C=S) groups is 1. The predicted molar refractivity (Wildman–Crippen MR) is 65.5 cm³/mol. The monoisotopic (exact) mass is 253 g/mol. The van der Waals surface area contributed by atoms with Gasteiger partial charge in [0.1, 0.15) is 4.32 Å². The Morgan fingerprint density at radius 3 is 2.64 bits per heavy atom. The average molecular weight is 253 g/mol. The zero-order valence-electron chi connectivity index (χ0n) is 8.32. The summed E-state index contributed by atoms with van der Waals surface area (Å²) in [6.45, 7) is 4.12. The molecule has 0 radical (unpaired) electrons. The molecule has 1 N–H and O–H groups in total. The SMILES string of the molecule is CC(C)SC(=S)N[C@H]1CCS(=O)(=O)C1. The number of hydrogen-bond acceptors (Lipinski definition) is 4. The van der Waals surface area contributed by atoms with Gasteiger partial charge in [0.15, 0.2) is 9.84 Å². The summed E-state index contributed by atoms with van der Waals surface area (Å²) in [5.41, 5.74) is 0. The Morgan fingerprint density at radius 1 is 1.57 bits per heavy atom. The minimum Gasteiger partial charge on any atom is -0.367 e. The quantitative estimate of drug-likeness (QED) is 0.749.